The fraction of sp³-hybridized carbons (Fsp3) is 0.304. The van der Waals surface area contributed by atoms with Gasteiger partial charge in [-0.05, 0) is 54.4 Å². The minimum atomic E-state index is 0.0802. The van der Waals surface area contributed by atoms with Crippen LogP contribution in [0.5, 0.6) is 5.75 Å². The number of pyridine rings is 1. The average molecular weight is 410 g/mol. The highest BCUT2D eigenvalue weighted by atomic mass is 35.5. The van der Waals surface area contributed by atoms with Gasteiger partial charge in [0.05, 0.1) is 12.6 Å². The number of hydrogen-bond donors (Lipinski definition) is 0. The molecule has 0 saturated carbocycles. The maximum atomic E-state index is 12.9. The number of methoxy groups -OCH3 is 1. The molecule has 1 saturated heterocycles. The molecule has 1 aliphatic heterocycles. The maximum Gasteiger partial charge on any atom is 0.253 e. The first kappa shape index (κ1) is 19.7. The van der Waals surface area contributed by atoms with Crippen molar-refractivity contribution in [1.82, 2.24) is 14.8 Å². The molecule has 1 aliphatic rings. The molecule has 29 heavy (non-hydrogen) atoms. The van der Waals surface area contributed by atoms with Crippen molar-refractivity contribution in [3.63, 3.8) is 0 Å². The summed E-state index contributed by atoms with van der Waals surface area (Å²) in [6.45, 7) is 4.28. The molecule has 0 unspecified atom stereocenters. The second-order valence-electron chi connectivity index (χ2n) is 7.27. The molecule has 4 rings (SSSR count). The predicted molar refractivity (Wildman–Crippen MR) is 116 cm³/mol. The van der Waals surface area contributed by atoms with Crippen molar-refractivity contribution in [1.29, 1.82) is 0 Å². The Kier molecular flexibility index (Phi) is 5.97. The molecule has 1 fully saturated rings. The summed E-state index contributed by atoms with van der Waals surface area (Å²) in [6, 6.07) is 17.5. The summed E-state index contributed by atoms with van der Waals surface area (Å²) >= 11 is 5.94. The normalized spacial score (nSPS) is 14.9. The van der Waals surface area contributed by atoms with Gasteiger partial charge in [0.2, 0.25) is 0 Å². The van der Waals surface area contributed by atoms with Crippen LogP contribution in [0.25, 0.3) is 10.9 Å². The number of halogens is 1. The molecule has 3 aromatic rings. The third-order valence-electron chi connectivity index (χ3n) is 5.44. The van der Waals surface area contributed by atoms with Gasteiger partial charge in [0.1, 0.15) is 10.9 Å². The number of piperazine rings is 1. The van der Waals surface area contributed by atoms with Gasteiger partial charge < -0.3 is 9.64 Å². The zero-order valence-electron chi connectivity index (χ0n) is 16.5. The number of fused-ring (bicyclic) bond motifs is 1. The minimum absolute atomic E-state index is 0.0802. The first-order chi connectivity index (χ1) is 14.1. The lowest BCUT2D eigenvalue weighted by Gasteiger charge is -2.34. The summed E-state index contributed by atoms with van der Waals surface area (Å²) in [7, 11) is 1.68. The van der Waals surface area contributed by atoms with Gasteiger partial charge in [0.25, 0.3) is 5.91 Å². The van der Waals surface area contributed by atoms with E-state index in [0.29, 0.717) is 10.7 Å². The first-order valence-corrected chi connectivity index (χ1v) is 10.2. The Balaban J connectivity index is 1.31. The SMILES string of the molecule is COc1ccc(CCN2CCN(C(=O)c3ccc4nc(Cl)ccc4c3)CC2)cc1. The van der Waals surface area contributed by atoms with Crippen molar-refractivity contribution in [2.24, 2.45) is 0 Å². The molecule has 150 valence electrons. The van der Waals surface area contributed by atoms with Crippen molar-refractivity contribution < 1.29 is 9.53 Å². The summed E-state index contributed by atoms with van der Waals surface area (Å²) in [5.74, 6) is 0.963. The van der Waals surface area contributed by atoms with Gasteiger partial charge >= 0.3 is 0 Å². The number of rotatable bonds is 5. The van der Waals surface area contributed by atoms with Crippen LogP contribution >= 0.6 is 11.6 Å². The van der Waals surface area contributed by atoms with Crippen LogP contribution in [-0.2, 0) is 6.42 Å². The van der Waals surface area contributed by atoms with E-state index in [9.17, 15) is 4.79 Å². The third kappa shape index (κ3) is 4.69. The molecule has 6 heteroatoms. The second kappa shape index (κ2) is 8.80. The zero-order valence-corrected chi connectivity index (χ0v) is 17.2. The molecule has 1 amide bonds. The van der Waals surface area contributed by atoms with Crippen molar-refractivity contribution in [3.05, 3.63) is 70.9 Å². The zero-order chi connectivity index (χ0) is 20.2. The highest BCUT2D eigenvalue weighted by molar-refractivity contribution is 6.29. The predicted octanol–water partition coefficient (Wildman–Crippen LogP) is 3.90. The van der Waals surface area contributed by atoms with Crippen molar-refractivity contribution in [3.8, 4) is 5.75 Å². The molecular formula is C23H24ClN3O2. The number of amides is 1. The lowest BCUT2D eigenvalue weighted by molar-refractivity contribution is 0.0638. The van der Waals surface area contributed by atoms with Crippen molar-refractivity contribution in [2.45, 2.75) is 6.42 Å². The highest BCUT2D eigenvalue weighted by Crippen LogP contribution is 2.19. The smallest absolute Gasteiger partial charge is 0.253 e. The van der Waals surface area contributed by atoms with E-state index in [-0.39, 0.29) is 5.91 Å². The molecule has 5 nitrogen and oxygen atoms in total. The summed E-state index contributed by atoms with van der Waals surface area (Å²) in [5, 5.41) is 1.39. The topological polar surface area (TPSA) is 45.7 Å². The van der Waals surface area contributed by atoms with Crippen molar-refractivity contribution in [2.75, 3.05) is 39.8 Å². The summed E-state index contributed by atoms with van der Waals surface area (Å²) in [6.07, 6.45) is 0.998. The molecule has 0 radical (unpaired) electrons. The lowest BCUT2D eigenvalue weighted by Crippen LogP contribution is -2.49. The van der Waals surface area contributed by atoms with Gasteiger partial charge in [-0.2, -0.15) is 0 Å². The Labute approximate surface area is 175 Å². The monoisotopic (exact) mass is 409 g/mol. The third-order valence-corrected chi connectivity index (χ3v) is 5.65. The van der Waals surface area contributed by atoms with Crippen LogP contribution in [-0.4, -0.2) is 60.5 Å². The fourth-order valence-electron chi connectivity index (χ4n) is 3.67. The van der Waals surface area contributed by atoms with Crippen LogP contribution in [0.2, 0.25) is 5.15 Å². The van der Waals surface area contributed by atoms with Gasteiger partial charge in [0, 0.05) is 43.7 Å². The number of ether oxygens (including phenoxy) is 1. The van der Waals surface area contributed by atoms with Crippen LogP contribution in [0.3, 0.4) is 0 Å². The molecular weight excluding hydrogens is 386 g/mol. The van der Waals surface area contributed by atoms with E-state index in [1.165, 1.54) is 5.56 Å². The van der Waals surface area contributed by atoms with Crippen LogP contribution in [0.15, 0.2) is 54.6 Å². The van der Waals surface area contributed by atoms with E-state index in [1.54, 1.807) is 13.2 Å². The standard InChI is InChI=1S/C23H24ClN3O2/c1-29-20-6-2-17(3-7-20)10-11-26-12-14-27(15-13-26)23(28)19-4-8-21-18(16-19)5-9-22(24)25-21/h2-9,16H,10-15H2,1H3. The van der Waals surface area contributed by atoms with E-state index in [4.69, 9.17) is 16.3 Å². The van der Waals surface area contributed by atoms with Gasteiger partial charge in [-0.1, -0.05) is 23.7 Å². The van der Waals surface area contributed by atoms with E-state index in [2.05, 4.69) is 22.0 Å². The molecule has 0 aliphatic carbocycles. The van der Waals surface area contributed by atoms with Crippen molar-refractivity contribution >= 4 is 28.4 Å². The van der Waals surface area contributed by atoms with E-state index in [0.717, 1.165) is 55.8 Å². The Bertz CT molecular complexity index is 999. The van der Waals surface area contributed by atoms with E-state index >= 15 is 0 Å². The fourth-order valence-corrected chi connectivity index (χ4v) is 3.82. The Hall–Kier alpha value is -2.63. The summed E-state index contributed by atoms with van der Waals surface area (Å²) in [5.41, 5.74) is 2.81. The molecule has 0 spiro atoms. The van der Waals surface area contributed by atoms with Crippen LogP contribution in [0, 0.1) is 0 Å². The van der Waals surface area contributed by atoms with Gasteiger partial charge in [-0.15, -0.1) is 0 Å². The lowest BCUT2D eigenvalue weighted by atomic mass is 10.1. The molecule has 0 bridgehead atoms. The molecule has 2 heterocycles. The summed E-state index contributed by atoms with van der Waals surface area (Å²) < 4.78 is 5.21. The van der Waals surface area contributed by atoms with Crippen LogP contribution in [0.4, 0.5) is 0 Å². The van der Waals surface area contributed by atoms with E-state index < -0.39 is 0 Å². The molecule has 1 aromatic heterocycles. The summed E-state index contributed by atoms with van der Waals surface area (Å²) in [4.78, 5) is 21.5. The average Bonchev–Trinajstić information content (AvgIpc) is 2.77. The maximum absolute atomic E-state index is 12.9. The number of carbonyl (C=O) groups is 1. The Morgan fingerprint density at radius 1 is 1.03 bits per heavy atom. The largest absolute Gasteiger partial charge is 0.497 e. The number of hydrogen-bond acceptors (Lipinski definition) is 4. The molecule has 2 aromatic carbocycles. The van der Waals surface area contributed by atoms with Gasteiger partial charge in [-0.3, -0.25) is 9.69 Å². The number of aromatic nitrogens is 1. The number of carbonyl (C=O) groups excluding carboxylic acids is 1. The van der Waals surface area contributed by atoms with Gasteiger partial charge in [-0.25, -0.2) is 4.98 Å². The quantitative estimate of drug-likeness (QED) is 0.599. The Morgan fingerprint density at radius 3 is 2.52 bits per heavy atom. The Morgan fingerprint density at radius 2 is 1.79 bits per heavy atom. The second-order valence-corrected chi connectivity index (χ2v) is 7.66. The number of benzene rings is 2. The first-order valence-electron chi connectivity index (χ1n) is 9.83. The van der Waals surface area contributed by atoms with Gasteiger partial charge in [0.15, 0.2) is 0 Å². The highest BCUT2D eigenvalue weighted by Gasteiger charge is 2.22. The van der Waals surface area contributed by atoms with E-state index in [1.807, 2.05) is 41.3 Å². The van der Waals surface area contributed by atoms with Crippen LogP contribution in [0.1, 0.15) is 15.9 Å². The number of nitrogens with zero attached hydrogens (tertiary/aromatic N) is 3. The van der Waals surface area contributed by atoms with Crippen LogP contribution < -0.4 is 4.74 Å². The minimum Gasteiger partial charge on any atom is -0.497 e. The molecule has 0 N–H and O–H groups in total. The molecule has 0 atom stereocenters.